The third-order valence-electron chi connectivity index (χ3n) is 2.23. The van der Waals surface area contributed by atoms with Crippen LogP contribution in [0.15, 0.2) is 12.4 Å². The molecule has 0 aliphatic carbocycles. The van der Waals surface area contributed by atoms with E-state index in [-0.39, 0.29) is 0 Å². The molecule has 0 saturated carbocycles. The van der Waals surface area contributed by atoms with Crippen molar-refractivity contribution in [3.05, 3.63) is 12.4 Å². The van der Waals surface area contributed by atoms with Crippen LogP contribution in [-0.4, -0.2) is 23.1 Å². The van der Waals surface area contributed by atoms with Crippen LogP contribution in [-0.2, 0) is 0 Å². The molecule has 0 atom stereocenters. The van der Waals surface area contributed by atoms with E-state index in [9.17, 15) is 0 Å². The summed E-state index contributed by atoms with van der Waals surface area (Å²) in [5.74, 6) is 2.67. The first-order valence-electron chi connectivity index (χ1n) is 6.26. The van der Waals surface area contributed by atoms with E-state index in [1.165, 1.54) is 6.33 Å². The number of hydrogen-bond donors (Lipinski definition) is 1. The van der Waals surface area contributed by atoms with Crippen molar-refractivity contribution < 1.29 is 4.74 Å². The molecule has 0 fully saturated rings. The van der Waals surface area contributed by atoms with Crippen molar-refractivity contribution in [2.75, 3.05) is 18.5 Å². The Hall–Kier alpha value is -1.32. The van der Waals surface area contributed by atoms with Crippen LogP contribution in [0.2, 0.25) is 0 Å². The Morgan fingerprint density at radius 1 is 1.18 bits per heavy atom. The van der Waals surface area contributed by atoms with Crippen LogP contribution in [0, 0.1) is 11.8 Å². The molecular formula is C13H23N3O. The lowest BCUT2D eigenvalue weighted by atomic mass is 10.1. The summed E-state index contributed by atoms with van der Waals surface area (Å²) in [7, 11) is 0. The van der Waals surface area contributed by atoms with Crippen molar-refractivity contribution in [3.63, 3.8) is 0 Å². The quantitative estimate of drug-likeness (QED) is 0.792. The lowest BCUT2D eigenvalue weighted by Gasteiger charge is -2.10. The van der Waals surface area contributed by atoms with Crippen LogP contribution in [0.3, 0.4) is 0 Å². The fourth-order valence-electron chi connectivity index (χ4n) is 1.26. The summed E-state index contributed by atoms with van der Waals surface area (Å²) in [5.41, 5.74) is 0. The van der Waals surface area contributed by atoms with Crippen molar-refractivity contribution in [2.24, 2.45) is 11.8 Å². The first-order chi connectivity index (χ1) is 8.08. The summed E-state index contributed by atoms with van der Waals surface area (Å²) in [6, 6.07) is 1.85. The Labute approximate surface area is 104 Å². The zero-order valence-corrected chi connectivity index (χ0v) is 11.2. The Balaban J connectivity index is 2.42. The Morgan fingerprint density at radius 2 is 1.94 bits per heavy atom. The lowest BCUT2D eigenvalue weighted by Crippen LogP contribution is -2.08. The van der Waals surface area contributed by atoms with Gasteiger partial charge in [0.15, 0.2) is 0 Å². The van der Waals surface area contributed by atoms with Gasteiger partial charge in [0, 0.05) is 12.6 Å². The summed E-state index contributed by atoms with van der Waals surface area (Å²) in [4.78, 5) is 8.24. The lowest BCUT2D eigenvalue weighted by molar-refractivity contribution is 0.261. The second kappa shape index (κ2) is 7.09. The second-order valence-electron chi connectivity index (χ2n) is 5.06. The molecule has 1 N–H and O–H groups in total. The highest BCUT2D eigenvalue weighted by Gasteiger charge is 2.01. The molecular weight excluding hydrogens is 214 g/mol. The van der Waals surface area contributed by atoms with Crippen molar-refractivity contribution in [2.45, 2.75) is 34.1 Å². The van der Waals surface area contributed by atoms with Crippen LogP contribution in [0.5, 0.6) is 5.88 Å². The van der Waals surface area contributed by atoms with Gasteiger partial charge in [0.2, 0.25) is 5.88 Å². The van der Waals surface area contributed by atoms with E-state index in [0.717, 1.165) is 18.8 Å². The summed E-state index contributed by atoms with van der Waals surface area (Å²) in [6.07, 6.45) is 2.67. The van der Waals surface area contributed by atoms with Crippen molar-refractivity contribution in [1.29, 1.82) is 0 Å². The molecule has 0 aliphatic rings. The highest BCUT2D eigenvalue weighted by Crippen LogP contribution is 2.12. The summed E-state index contributed by atoms with van der Waals surface area (Å²) in [6.45, 7) is 10.3. The van der Waals surface area contributed by atoms with E-state index in [1.807, 2.05) is 6.07 Å². The van der Waals surface area contributed by atoms with Crippen LogP contribution >= 0.6 is 0 Å². The summed E-state index contributed by atoms with van der Waals surface area (Å²) in [5, 5.41) is 3.27. The molecule has 17 heavy (non-hydrogen) atoms. The number of aromatic nitrogens is 2. The molecule has 0 aliphatic heterocycles. The highest BCUT2D eigenvalue weighted by atomic mass is 16.5. The first kappa shape index (κ1) is 13.7. The predicted molar refractivity (Wildman–Crippen MR) is 70.3 cm³/mol. The molecule has 0 aromatic carbocycles. The largest absolute Gasteiger partial charge is 0.477 e. The maximum absolute atomic E-state index is 5.54. The number of rotatable bonds is 7. The van der Waals surface area contributed by atoms with Gasteiger partial charge in [-0.25, -0.2) is 9.97 Å². The van der Waals surface area contributed by atoms with E-state index in [4.69, 9.17) is 4.74 Å². The monoisotopic (exact) mass is 237 g/mol. The second-order valence-corrected chi connectivity index (χ2v) is 5.06. The van der Waals surface area contributed by atoms with Crippen LogP contribution in [0.4, 0.5) is 5.82 Å². The normalized spacial score (nSPS) is 10.9. The molecule has 0 amide bonds. The van der Waals surface area contributed by atoms with Gasteiger partial charge in [-0.2, -0.15) is 0 Å². The number of anilines is 1. The molecule has 4 heteroatoms. The Morgan fingerprint density at radius 3 is 2.59 bits per heavy atom. The van der Waals surface area contributed by atoms with Gasteiger partial charge in [0.05, 0.1) is 6.61 Å². The molecule has 96 valence electrons. The third-order valence-corrected chi connectivity index (χ3v) is 2.23. The Bertz CT molecular complexity index is 326. The maximum atomic E-state index is 5.54. The van der Waals surface area contributed by atoms with Gasteiger partial charge >= 0.3 is 0 Å². The molecule has 0 unspecified atom stereocenters. The van der Waals surface area contributed by atoms with Gasteiger partial charge in [-0.3, -0.25) is 0 Å². The minimum atomic E-state index is 0.502. The predicted octanol–water partition coefficient (Wildman–Crippen LogP) is 2.97. The smallest absolute Gasteiger partial charge is 0.218 e. The van der Waals surface area contributed by atoms with Crippen molar-refractivity contribution in [3.8, 4) is 5.88 Å². The number of ether oxygens (including phenoxy) is 1. The van der Waals surface area contributed by atoms with Gasteiger partial charge in [-0.15, -0.1) is 0 Å². The number of hydrogen-bond acceptors (Lipinski definition) is 4. The highest BCUT2D eigenvalue weighted by molar-refractivity contribution is 5.36. The van der Waals surface area contributed by atoms with Crippen LogP contribution in [0.25, 0.3) is 0 Å². The van der Waals surface area contributed by atoms with E-state index < -0.39 is 0 Å². The van der Waals surface area contributed by atoms with Gasteiger partial charge in [0.25, 0.3) is 0 Å². The van der Waals surface area contributed by atoms with Crippen LogP contribution in [0.1, 0.15) is 34.1 Å². The molecule has 1 aromatic heterocycles. The number of nitrogens with one attached hydrogen (secondary N) is 1. The molecule has 4 nitrogen and oxygen atoms in total. The average Bonchev–Trinajstić information content (AvgIpc) is 2.26. The van der Waals surface area contributed by atoms with E-state index in [1.54, 1.807) is 0 Å². The average molecular weight is 237 g/mol. The van der Waals surface area contributed by atoms with Gasteiger partial charge in [-0.1, -0.05) is 27.7 Å². The zero-order chi connectivity index (χ0) is 12.7. The molecule has 1 rings (SSSR count). The zero-order valence-electron chi connectivity index (χ0n) is 11.2. The molecule has 0 saturated heterocycles. The van der Waals surface area contributed by atoms with Crippen molar-refractivity contribution in [1.82, 2.24) is 9.97 Å². The topological polar surface area (TPSA) is 47.0 Å². The number of nitrogens with zero attached hydrogens (tertiary/aromatic N) is 2. The molecule has 0 spiro atoms. The Kier molecular flexibility index (Phi) is 5.73. The SMILES string of the molecule is CC(C)CCNc1cc(OCC(C)C)ncn1. The van der Waals surface area contributed by atoms with E-state index >= 15 is 0 Å². The van der Waals surface area contributed by atoms with E-state index in [2.05, 4.69) is 43.0 Å². The maximum Gasteiger partial charge on any atom is 0.218 e. The molecule has 0 bridgehead atoms. The van der Waals surface area contributed by atoms with Gasteiger partial charge in [-0.05, 0) is 18.3 Å². The van der Waals surface area contributed by atoms with Crippen molar-refractivity contribution >= 4 is 5.82 Å². The fourth-order valence-corrected chi connectivity index (χ4v) is 1.26. The van der Waals surface area contributed by atoms with Gasteiger partial charge in [0.1, 0.15) is 12.1 Å². The van der Waals surface area contributed by atoms with Crippen LogP contribution < -0.4 is 10.1 Å². The summed E-state index contributed by atoms with van der Waals surface area (Å²) >= 11 is 0. The fraction of sp³-hybridized carbons (Fsp3) is 0.692. The molecule has 1 aromatic rings. The molecule has 0 radical (unpaired) electrons. The minimum Gasteiger partial charge on any atom is -0.477 e. The third kappa shape index (κ3) is 6.09. The first-order valence-corrected chi connectivity index (χ1v) is 6.26. The van der Waals surface area contributed by atoms with Gasteiger partial charge < -0.3 is 10.1 Å². The van der Waals surface area contributed by atoms with E-state index in [0.29, 0.717) is 24.3 Å². The molecule has 1 heterocycles. The standard InChI is InChI=1S/C13H23N3O/c1-10(2)5-6-14-12-7-13(16-9-15-12)17-8-11(3)4/h7,9-11H,5-6,8H2,1-4H3,(H,14,15,16). The summed E-state index contributed by atoms with van der Waals surface area (Å²) < 4.78 is 5.54. The minimum absolute atomic E-state index is 0.502.